The van der Waals surface area contributed by atoms with Crippen molar-refractivity contribution in [3.8, 4) is 0 Å². The van der Waals surface area contributed by atoms with E-state index in [0.29, 0.717) is 16.5 Å². The highest BCUT2D eigenvalue weighted by atomic mass is 79.9. The van der Waals surface area contributed by atoms with E-state index in [0.717, 1.165) is 3.79 Å². The fraction of sp³-hybridized carbons (Fsp3) is 0.125. The minimum absolute atomic E-state index is 0.159. The first-order chi connectivity index (χ1) is 7.15. The molecule has 2 aromatic rings. The summed E-state index contributed by atoms with van der Waals surface area (Å²) in [6, 6.07) is 1.77. The molecular weight excluding hydrogens is 298 g/mol. The predicted octanol–water partition coefficient (Wildman–Crippen LogP) is 2.92. The third-order valence-electron chi connectivity index (χ3n) is 1.58. The number of amides is 1. The smallest absolute Gasteiger partial charge is 0.258 e. The summed E-state index contributed by atoms with van der Waals surface area (Å²) < 4.78 is 4.91. The Bertz CT molecular complexity index is 494. The number of thiophene rings is 1. The van der Waals surface area contributed by atoms with Gasteiger partial charge in [0.15, 0.2) is 0 Å². The maximum atomic E-state index is 11.7. The van der Waals surface area contributed by atoms with Crippen molar-refractivity contribution in [2.24, 2.45) is 0 Å². The SMILES string of the molecule is Cc1nsc(NC(=O)c2csc(Br)c2)n1. The van der Waals surface area contributed by atoms with Gasteiger partial charge in [0, 0.05) is 16.9 Å². The molecular formula is C8H6BrN3OS2. The monoisotopic (exact) mass is 303 g/mol. The number of hydrogen-bond donors (Lipinski definition) is 1. The van der Waals surface area contributed by atoms with Gasteiger partial charge in [0.25, 0.3) is 5.91 Å². The normalized spacial score (nSPS) is 10.3. The highest BCUT2D eigenvalue weighted by molar-refractivity contribution is 9.11. The van der Waals surface area contributed by atoms with E-state index in [1.54, 1.807) is 18.4 Å². The van der Waals surface area contributed by atoms with E-state index in [1.807, 2.05) is 0 Å². The van der Waals surface area contributed by atoms with Crippen LogP contribution in [0.2, 0.25) is 0 Å². The second-order valence-electron chi connectivity index (χ2n) is 2.74. The maximum Gasteiger partial charge on any atom is 0.258 e. The Hall–Kier alpha value is -0.790. The molecule has 0 saturated carbocycles. The summed E-state index contributed by atoms with van der Waals surface area (Å²) in [5.41, 5.74) is 0.625. The molecule has 0 aliphatic rings. The van der Waals surface area contributed by atoms with Crippen LogP contribution >= 0.6 is 38.8 Å². The Kier molecular flexibility index (Phi) is 3.13. The van der Waals surface area contributed by atoms with E-state index >= 15 is 0 Å². The number of halogens is 1. The lowest BCUT2D eigenvalue weighted by Gasteiger charge is -1.96. The predicted molar refractivity (Wildman–Crippen MR) is 64.6 cm³/mol. The lowest BCUT2D eigenvalue weighted by Crippen LogP contribution is -2.10. The van der Waals surface area contributed by atoms with Crippen molar-refractivity contribution in [2.45, 2.75) is 6.92 Å². The van der Waals surface area contributed by atoms with E-state index in [1.165, 1.54) is 22.9 Å². The molecule has 7 heteroatoms. The second-order valence-corrected chi connectivity index (χ2v) is 5.78. The molecule has 0 aromatic carbocycles. The van der Waals surface area contributed by atoms with Crippen LogP contribution in [0.3, 0.4) is 0 Å². The fourth-order valence-corrected chi connectivity index (χ4v) is 2.65. The highest BCUT2D eigenvalue weighted by Crippen LogP contribution is 2.21. The fourth-order valence-electron chi connectivity index (χ4n) is 0.946. The van der Waals surface area contributed by atoms with Gasteiger partial charge in [-0.3, -0.25) is 10.1 Å². The first kappa shape index (κ1) is 10.7. The van der Waals surface area contributed by atoms with Crippen LogP contribution in [0.1, 0.15) is 16.2 Å². The summed E-state index contributed by atoms with van der Waals surface area (Å²) >= 11 is 5.95. The average molecular weight is 304 g/mol. The number of nitrogens with one attached hydrogen (secondary N) is 1. The van der Waals surface area contributed by atoms with Crippen molar-refractivity contribution in [2.75, 3.05) is 5.32 Å². The molecule has 0 saturated heterocycles. The third kappa shape index (κ3) is 2.61. The number of aryl methyl sites for hydroxylation is 1. The maximum absolute atomic E-state index is 11.7. The number of carbonyl (C=O) groups is 1. The van der Waals surface area contributed by atoms with Gasteiger partial charge in [0.05, 0.1) is 9.35 Å². The molecule has 1 amide bonds. The lowest BCUT2D eigenvalue weighted by molar-refractivity contribution is 0.102. The van der Waals surface area contributed by atoms with Gasteiger partial charge < -0.3 is 0 Å². The topological polar surface area (TPSA) is 54.9 Å². The van der Waals surface area contributed by atoms with Crippen molar-refractivity contribution < 1.29 is 4.79 Å². The van der Waals surface area contributed by atoms with Crippen molar-refractivity contribution in [1.29, 1.82) is 0 Å². The van der Waals surface area contributed by atoms with Crippen LogP contribution in [0.25, 0.3) is 0 Å². The molecule has 0 fully saturated rings. The highest BCUT2D eigenvalue weighted by Gasteiger charge is 2.10. The average Bonchev–Trinajstić information content (AvgIpc) is 2.75. The van der Waals surface area contributed by atoms with Gasteiger partial charge in [-0.2, -0.15) is 4.37 Å². The largest absolute Gasteiger partial charge is 0.297 e. The number of hydrogen-bond acceptors (Lipinski definition) is 5. The minimum Gasteiger partial charge on any atom is -0.297 e. The van der Waals surface area contributed by atoms with Crippen LogP contribution in [0.4, 0.5) is 5.13 Å². The van der Waals surface area contributed by atoms with Crippen LogP contribution < -0.4 is 5.32 Å². The van der Waals surface area contributed by atoms with Gasteiger partial charge in [-0.15, -0.1) is 11.3 Å². The van der Waals surface area contributed by atoms with Crippen molar-refractivity contribution in [3.63, 3.8) is 0 Å². The Labute approximate surface area is 103 Å². The van der Waals surface area contributed by atoms with Crippen LogP contribution in [0, 0.1) is 6.92 Å². The molecule has 0 atom stereocenters. The van der Waals surface area contributed by atoms with Gasteiger partial charge in [-0.25, -0.2) is 4.98 Å². The first-order valence-electron chi connectivity index (χ1n) is 4.01. The molecule has 0 unspecified atom stereocenters. The Morgan fingerprint density at radius 3 is 2.93 bits per heavy atom. The van der Waals surface area contributed by atoms with Gasteiger partial charge in [-0.05, 0) is 28.9 Å². The molecule has 0 bridgehead atoms. The van der Waals surface area contributed by atoms with Crippen LogP contribution in [0.15, 0.2) is 15.2 Å². The standard InChI is InChI=1S/C8H6BrN3OS2/c1-4-10-8(15-12-4)11-7(13)5-2-6(9)14-3-5/h2-3H,1H3,(H,10,11,12,13). The summed E-state index contributed by atoms with van der Waals surface area (Å²) in [4.78, 5) is 15.7. The van der Waals surface area contributed by atoms with Gasteiger partial charge in [0.1, 0.15) is 5.82 Å². The van der Waals surface area contributed by atoms with Gasteiger partial charge in [-0.1, -0.05) is 0 Å². The Morgan fingerprint density at radius 2 is 2.40 bits per heavy atom. The summed E-state index contributed by atoms with van der Waals surface area (Å²) in [6.45, 7) is 1.79. The van der Waals surface area contributed by atoms with E-state index in [2.05, 4.69) is 30.6 Å². The number of nitrogens with zero attached hydrogens (tertiary/aromatic N) is 2. The Balaban J connectivity index is 2.10. The van der Waals surface area contributed by atoms with E-state index in [9.17, 15) is 4.79 Å². The molecule has 78 valence electrons. The molecule has 0 aliphatic carbocycles. The number of anilines is 1. The first-order valence-corrected chi connectivity index (χ1v) is 6.45. The summed E-state index contributed by atoms with van der Waals surface area (Å²) in [7, 11) is 0. The zero-order valence-corrected chi connectivity index (χ0v) is 10.9. The van der Waals surface area contributed by atoms with Gasteiger partial charge in [0.2, 0.25) is 5.13 Å². The molecule has 15 heavy (non-hydrogen) atoms. The van der Waals surface area contributed by atoms with Crippen LogP contribution in [-0.4, -0.2) is 15.3 Å². The van der Waals surface area contributed by atoms with E-state index in [4.69, 9.17) is 0 Å². The Morgan fingerprint density at radius 1 is 1.60 bits per heavy atom. The number of carbonyl (C=O) groups excluding carboxylic acids is 1. The molecule has 0 aliphatic heterocycles. The van der Waals surface area contributed by atoms with Crippen molar-refractivity contribution >= 4 is 49.8 Å². The third-order valence-corrected chi connectivity index (χ3v) is 3.80. The molecule has 0 radical (unpaired) electrons. The second kappa shape index (κ2) is 4.38. The lowest BCUT2D eigenvalue weighted by atomic mass is 10.3. The van der Waals surface area contributed by atoms with E-state index in [-0.39, 0.29) is 5.91 Å². The van der Waals surface area contributed by atoms with E-state index < -0.39 is 0 Å². The molecule has 1 N–H and O–H groups in total. The van der Waals surface area contributed by atoms with Gasteiger partial charge >= 0.3 is 0 Å². The van der Waals surface area contributed by atoms with Crippen molar-refractivity contribution in [1.82, 2.24) is 9.36 Å². The minimum atomic E-state index is -0.159. The molecule has 4 nitrogen and oxygen atoms in total. The molecule has 2 heterocycles. The molecule has 2 aromatic heterocycles. The quantitative estimate of drug-likeness (QED) is 0.928. The molecule has 0 spiro atoms. The van der Waals surface area contributed by atoms with Crippen molar-refractivity contribution in [3.05, 3.63) is 26.6 Å². The van der Waals surface area contributed by atoms with Crippen LogP contribution in [0.5, 0.6) is 0 Å². The summed E-state index contributed by atoms with van der Waals surface area (Å²) in [6.07, 6.45) is 0. The summed E-state index contributed by atoms with van der Waals surface area (Å²) in [5.74, 6) is 0.509. The number of aromatic nitrogens is 2. The van der Waals surface area contributed by atoms with Crippen LogP contribution in [-0.2, 0) is 0 Å². The molecule has 2 rings (SSSR count). The number of rotatable bonds is 2. The zero-order valence-electron chi connectivity index (χ0n) is 7.65. The summed E-state index contributed by atoms with van der Waals surface area (Å²) in [5, 5.41) is 5.00. The zero-order chi connectivity index (χ0) is 10.8.